The Balaban J connectivity index is 0.000000141. The van der Waals surface area contributed by atoms with Crippen molar-refractivity contribution in [1.29, 1.82) is 0 Å². The molecule has 5 aliphatic rings. The molecule has 3 aliphatic heterocycles. The first-order valence-electron chi connectivity index (χ1n) is 8.56. The first kappa shape index (κ1) is 16.3. The molecule has 5 fully saturated rings. The number of piperidine rings is 1. The van der Waals surface area contributed by atoms with E-state index in [2.05, 4.69) is 37.5 Å². The molecular formula is C18H36N2. The Bertz CT molecular complexity index is 307. The van der Waals surface area contributed by atoms with E-state index in [0.29, 0.717) is 0 Å². The van der Waals surface area contributed by atoms with Crippen LogP contribution in [0.2, 0.25) is 0 Å². The Kier molecular flexibility index (Phi) is 5.18. The summed E-state index contributed by atoms with van der Waals surface area (Å²) in [4.78, 5) is 5.32. The highest BCUT2D eigenvalue weighted by Gasteiger charge is 2.43. The van der Waals surface area contributed by atoms with Gasteiger partial charge in [-0.15, -0.1) is 0 Å². The van der Waals surface area contributed by atoms with Crippen LogP contribution in [0.25, 0.3) is 0 Å². The Morgan fingerprint density at radius 3 is 1.45 bits per heavy atom. The third-order valence-electron chi connectivity index (χ3n) is 5.93. The maximum absolute atomic E-state index is 2.67. The number of fused-ring (bicyclic) bond motifs is 3. The average molecular weight is 280 g/mol. The molecule has 2 heteroatoms. The van der Waals surface area contributed by atoms with Gasteiger partial charge in [-0.3, -0.25) is 9.80 Å². The van der Waals surface area contributed by atoms with Crippen molar-refractivity contribution in [3.05, 3.63) is 0 Å². The normalized spacial score (nSPS) is 38.7. The highest BCUT2D eigenvalue weighted by molar-refractivity contribution is 4.97. The number of hydrogen-bond acceptors (Lipinski definition) is 2. The smallest absolute Gasteiger partial charge is 0.0104 e. The second-order valence-electron chi connectivity index (χ2n) is 7.91. The van der Waals surface area contributed by atoms with Crippen molar-refractivity contribution in [2.75, 3.05) is 13.1 Å². The Labute approximate surface area is 126 Å². The first-order valence-corrected chi connectivity index (χ1v) is 8.56. The summed E-state index contributed by atoms with van der Waals surface area (Å²) >= 11 is 0. The summed E-state index contributed by atoms with van der Waals surface area (Å²) in [5, 5.41) is 0. The SMILES string of the molecule is C.CC(C)N1CC2CC1C2.CC(C)N1CC2CCC1C2. The number of nitrogens with zero attached hydrogens (tertiary/aromatic N) is 2. The van der Waals surface area contributed by atoms with Gasteiger partial charge in [-0.2, -0.15) is 0 Å². The number of hydrogen-bond donors (Lipinski definition) is 0. The predicted octanol–water partition coefficient (Wildman–Crippen LogP) is 4.00. The van der Waals surface area contributed by atoms with E-state index in [9.17, 15) is 0 Å². The molecule has 0 amide bonds. The molecule has 118 valence electrons. The molecule has 3 heterocycles. The molecule has 5 rings (SSSR count). The lowest BCUT2D eigenvalue weighted by atomic mass is 9.86. The largest absolute Gasteiger partial charge is 0.298 e. The lowest BCUT2D eigenvalue weighted by Gasteiger charge is -2.30. The molecule has 4 bridgehead atoms. The van der Waals surface area contributed by atoms with E-state index in [4.69, 9.17) is 0 Å². The molecule has 2 aliphatic carbocycles. The molecule has 0 N–H and O–H groups in total. The molecule has 0 aromatic carbocycles. The van der Waals surface area contributed by atoms with Crippen LogP contribution in [-0.4, -0.2) is 47.1 Å². The molecule has 2 unspecified atom stereocenters. The fraction of sp³-hybridized carbons (Fsp3) is 1.00. The van der Waals surface area contributed by atoms with Crippen LogP contribution in [0.3, 0.4) is 0 Å². The second kappa shape index (κ2) is 6.36. The minimum Gasteiger partial charge on any atom is -0.298 e. The standard InChI is InChI=1S/C9H17N.C8H15N.CH4/c1-7(2)10-6-8-3-4-9(10)5-8;1-6(2)9-5-7-3-8(9)4-7;/h7-9H,3-6H2,1-2H3;6-8H,3-5H2,1-2H3;1H4. The topological polar surface area (TPSA) is 6.48 Å². The quantitative estimate of drug-likeness (QED) is 0.754. The summed E-state index contributed by atoms with van der Waals surface area (Å²) < 4.78 is 0. The van der Waals surface area contributed by atoms with Gasteiger partial charge in [-0.1, -0.05) is 7.43 Å². The zero-order chi connectivity index (χ0) is 13.6. The first-order chi connectivity index (χ1) is 9.04. The molecule has 2 atom stereocenters. The highest BCUT2D eigenvalue weighted by Crippen LogP contribution is 2.41. The van der Waals surface area contributed by atoms with E-state index in [1.165, 1.54) is 45.2 Å². The molecule has 0 spiro atoms. The monoisotopic (exact) mass is 280 g/mol. The van der Waals surface area contributed by atoms with E-state index >= 15 is 0 Å². The zero-order valence-corrected chi connectivity index (χ0v) is 13.3. The second-order valence-corrected chi connectivity index (χ2v) is 7.91. The van der Waals surface area contributed by atoms with Crippen LogP contribution in [-0.2, 0) is 0 Å². The maximum atomic E-state index is 2.67. The van der Waals surface area contributed by atoms with Gasteiger partial charge in [0.15, 0.2) is 0 Å². The van der Waals surface area contributed by atoms with Crippen molar-refractivity contribution in [1.82, 2.24) is 9.80 Å². The summed E-state index contributed by atoms with van der Waals surface area (Å²) in [5.74, 6) is 2.14. The molecule has 2 nitrogen and oxygen atoms in total. The summed E-state index contributed by atoms with van der Waals surface area (Å²) in [7, 11) is 0. The van der Waals surface area contributed by atoms with Crippen LogP contribution in [0.4, 0.5) is 0 Å². The van der Waals surface area contributed by atoms with E-state index < -0.39 is 0 Å². The highest BCUT2D eigenvalue weighted by atomic mass is 15.2. The Morgan fingerprint density at radius 1 is 0.700 bits per heavy atom. The van der Waals surface area contributed by atoms with Gasteiger partial charge < -0.3 is 0 Å². The van der Waals surface area contributed by atoms with E-state index in [0.717, 1.165) is 36.0 Å². The van der Waals surface area contributed by atoms with Crippen LogP contribution < -0.4 is 0 Å². The lowest BCUT2D eigenvalue weighted by Crippen LogP contribution is -2.37. The van der Waals surface area contributed by atoms with E-state index in [1.54, 1.807) is 0 Å². The van der Waals surface area contributed by atoms with Gasteiger partial charge in [-0.25, -0.2) is 0 Å². The zero-order valence-electron chi connectivity index (χ0n) is 13.3. The van der Waals surface area contributed by atoms with Gasteiger partial charge >= 0.3 is 0 Å². The van der Waals surface area contributed by atoms with Crippen LogP contribution in [0.15, 0.2) is 0 Å². The fourth-order valence-electron chi connectivity index (χ4n) is 4.80. The van der Waals surface area contributed by atoms with Gasteiger partial charge in [-0.05, 0) is 71.6 Å². The van der Waals surface area contributed by atoms with E-state index in [1.807, 2.05) is 0 Å². The third kappa shape index (κ3) is 3.06. The Morgan fingerprint density at radius 2 is 1.20 bits per heavy atom. The molecule has 2 saturated carbocycles. The predicted molar refractivity (Wildman–Crippen MR) is 88.1 cm³/mol. The van der Waals surface area contributed by atoms with Crippen molar-refractivity contribution in [3.8, 4) is 0 Å². The summed E-state index contributed by atoms with van der Waals surface area (Å²) in [5.41, 5.74) is 0. The minimum atomic E-state index is 0. The van der Waals surface area contributed by atoms with Crippen LogP contribution in [0.5, 0.6) is 0 Å². The van der Waals surface area contributed by atoms with Crippen molar-refractivity contribution in [2.24, 2.45) is 11.8 Å². The van der Waals surface area contributed by atoms with Crippen molar-refractivity contribution in [3.63, 3.8) is 0 Å². The van der Waals surface area contributed by atoms with Crippen molar-refractivity contribution in [2.45, 2.75) is 91.4 Å². The van der Waals surface area contributed by atoms with Gasteiger partial charge in [0.05, 0.1) is 0 Å². The van der Waals surface area contributed by atoms with Crippen LogP contribution in [0.1, 0.15) is 67.2 Å². The van der Waals surface area contributed by atoms with Crippen molar-refractivity contribution >= 4 is 0 Å². The summed E-state index contributed by atoms with van der Waals surface area (Å²) in [6.07, 6.45) is 7.48. The van der Waals surface area contributed by atoms with Crippen LogP contribution in [0, 0.1) is 11.8 Å². The molecular weight excluding hydrogens is 244 g/mol. The third-order valence-corrected chi connectivity index (χ3v) is 5.93. The van der Waals surface area contributed by atoms with Gasteiger partial charge in [0.2, 0.25) is 0 Å². The molecule has 0 aromatic rings. The van der Waals surface area contributed by atoms with Gasteiger partial charge in [0.25, 0.3) is 0 Å². The minimum absolute atomic E-state index is 0. The molecule has 3 saturated heterocycles. The summed E-state index contributed by atoms with van der Waals surface area (Å²) in [6, 6.07) is 3.53. The molecule has 0 radical (unpaired) electrons. The molecule has 20 heavy (non-hydrogen) atoms. The number of likely N-dealkylation sites (tertiary alicyclic amines) is 1. The fourth-order valence-corrected chi connectivity index (χ4v) is 4.80. The van der Waals surface area contributed by atoms with Gasteiger partial charge in [0.1, 0.15) is 0 Å². The number of rotatable bonds is 2. The Hall–Kier alpha value is -0.0800. The average Bonchev–Trinajstić information content (AvgIpc) is 3.07. The van der Waals surface area contributed by atoms with Crippen LogP contribution >= 0.6 is 0 Å². The van der Waals surface area contributed by atoms with Gasteiger partial charge in [0, 0.05) is 37.3 Å². The maximum Gasteiger partial charge on any atom is 0.0104 e. The molecule has 0 aromatic heterocycles. The van der Waals surface area contributed by atoms with Crippen molar-refractivity contribution < 1.29 is 0 Å². The summed E-state index contributed by atoms with van der Waals surface area (Å²) in [6.45, 7) is 12.0. The lowest BCUT2D eigenvalue weighted by molar-refractivity contribution is 0.170. The van der Waals surface area contributed by atoms with E-state index in [-0.39, 0.29) is 7.43 Å².